The first kappa shape index (κ1) is 24.6. The first-order chi connectivity index (χ1) is 15.4. The highest BCUT2D eigenvalue weighted by Crippen LogP contribution is 2.25. The van der Waals surface area contributed by atoms with Crippen molar-refractivity contribution in [3.8, 4) is 6.07 Å². The van der Waals surface area contributed by atoms with Gasteiger partial charge in [-0.2, -0.15) is 22.3 Å². The number of benzene rings is 1. The fourth-order valence-corrected chi connectivity index (χ4v) is 6.23. The lowest BCUT2D eigenvalue weighted by Crippen LogP contribution is -2.58. The molecule has 0 N–H and O–H groups in total. The lowest BCUT2D eigenvalue weighted by Gasteiger charge is -2.40. The Hall–Kier alpha value is -1.99. The Labute approximate surface area is 192 Å². The van der Waals surface area contributed by atoms with Crippen molar-refractivity contribution < 1.29 is 13.2 Å². The van der Waals surface area contributed by atoms with Crippen molar-refractivity contribution in [1.29, 1.82) is 5.26 Å². The summed E-state index contributed by atoms with van der Waals surface area (Å²) >= 11 is 0. The van der Waals surface area contributed by atoms with E-state index in [1.54, 1.807) is 20.6 Å². The van der Waals surface area contributed by atoms with Crippen molar-refractivity contribution in [1.82, 2.24) is 13.5 Å². The molecule has 1 unspecified atom stereocenters. The Kier molecular flexibility index (Phi) is 8.65. The number of hydrogen-bond acceptors (Lipinski definition) is 5. The van der Waals surface area contributed by atoms with Gasteiger partial charge in [0.05, 0.1) is 18.5 Å². The molecule has 1 heterocycles. The van der Waals surface area contributed by atoms with Crippen LogP contribution in [0.25, 0.3) is 0 Å². The summed E-state index contributed by atoms with van der Waals surface area (Å²) in [6.45, 7) is 3.96. The number of nitriles is 1. The zero-order chi connectivity index (χ0) is 23.1. The second kappa shape index (κ2) is 11.2. The lowest BCUT2D eigenvalue weighted by molar-refractivity contribution is -0.123. The number of rotatable bonds is 8. The van der Waals surface area contributed by atoms with E-state index in [0.717, 1.165) is 31.4 Å². The second-order valence-corrected chi connectivity index (χ2v) is 10.6. The van der Waals surface area contributed by atoms with Gasteiger partial charge in [-0.3, -0.25) is 9.69 Å². The molecule has 1 aromatic carbocycles. The molecule has 1 aliphatic carbocycles. The van der Waals surface area contributed by atoms with Gasteiger partial charge in [0.1, 0.15) is 0 Å². The molecule has 2 aliphatic rings. The molecule has 176 valence electrons. The fourth-order valence-electron chi connectivity index (χ4n) is 4.65. The van der Waals surface area contributed by atoms with Gasteiger partial charge in [0.2, 0.25) is 5.91 Å². The first-order valence-electron chi connectivity index (χ1n) is 11.6. The van der Waals surface area contributed by atoms with Crippen LogP contribution in [0.1, 0.15) is 45.4 Å². The normalized spacial score (nSPS) is 20.1. The minimum absolute atomic E-state index is 0.0675. The highest BCUT2D eigenvalue weighted by atomic mass is 32.2. The zero-order valence-electron chi connectivity index (χ0n) is 19.2. The number of carbonyl (C=O) groups excluding carboxylic acids is 1. The van der Waals surface area contributed by atoms with E-state index in [4.69, 9.17) is 5.26 Å². The van der Waals surface area contributed by atoms with Gasteiger partial charge in [0, 0.05) is 51.5 Å². The number of carbonyl (C=O) groups is 1. The van der Waals surface area contributed by atoms with Crippen LogP contribution in [0.2, 0.25) is 0 Å². The van der Waals surface area contributed by atoms with Crippen LogP contribution in [0, 0.1) is 11.3 Å². The highest BCUT2D eigenvalue weighted by molar-refractivity contribution is 7.86. The summed E-state index contributed by atoms with van der Waals surface area (Å²) in [5, 5.41) is 9.01. The van der Waals surface area contributed by atoms with Crippen molar-refractivity contribution in [2.75, 3.05) is 44.7 Å². The van der Waals surface area contributed by atoms with Crippen LogP contribution in [0.5, 0.6) is 0 Å². The summed E-state index contributed by atoms with van der Waals surface area (Å²) in [7, 11) is -1.79. The number of piperazine rings is 1. The molecule has 1 saturated carbocycles. The zero-order valence-corrected chi connectivity index (χ0v) is 20.0. The van der Waals surface area contributed by atoms with Crippen molar-refractivity contribution in [3.63, 3.8) is 0 Å². The Bertz CT molecular complexity index is 888. The molecule has 2 fully saturated rings. The van der Waals surface area contributed by atoms with Crippen LogP contribution < -0.4 is 4.90 Å². The van der Waals surface area contributed by atoms with Crippen LogP contribution in [-0.2, 0) is 15.0 Å². The molecule has 0 aromatic heterocycles. The van der Waals surface area contributed by atoms with Crippen LogP contribution >= 0.6 is 0 Å². The third-order valence-electron chi connectivity index (χ3n) is 6.74. The molecule has 0 spiro atoms. The maximum absolute atomic E-state index is 13.3. The largest absolute Gasteiger partial charge is 0.310 e. The van der Waals surface area contributed by atoms with Crippen molar-refractivity contribution in [2.45, 2.75) is 57.5 Å². The average Bonchev–Trinajstić information content (AvgIpc) is 2.84. The van der Waals surface area contributed by atoms with E-state index < -0.39 is 16.3 Å². The van der Waals surface area contributed by atoms with Gasteiger partial charge in [-0.25, -0.2) is 0 Å². The molecular weight excluding hydrogens is 426 g/mol. The van der Waals surface area contributed by atoms with E-state index >= 15 is 0 Å². The fraction of sp³-hybridized carbons (Fsp3) is 0.652. The Morgan fingerprint density at radius 2 is 1.75 bits per heavy atom. The minimum atomic E-state index is -3.49. The van der Waals surface area contributed by atoms with E-state index in [-0.39, 0.29) is 18.4 Å². The van der Waals surface area contributed by atoms with Gasteiger partial charge in [-0.05, 0) is 31.9 Å². The SMILES string of the molecule is CC(C(=O)N(CCC#N)c1ccccc1)N1CCN(S(=O)(=O)N(C)C2CCCCC2)CC1. The van der Waals surface area contributed by atoms with Gasteiger partial charge in [0.15, 0.2) is 0 Å². The maximum Gasteiger partial charge on any atom is 0.282 e. The molecule has 0 bridgehead atoms. The van der Waals surface area contributed by atoms with Crippen molar-refractivity contribution in [3.05, 3.63) is 30.3 Å². The Morgan fingerprint density at radius 3 is 2.34 bits per heavy atom. The molecule has 1 saturated heterocycles. The van der Waals surface area contributed by atoms with E-state index in [0.29, 0.717) is 32.7 Å². The number of anilines is 1. The molecule has 8 nitrogen and oxygen atoms in total. The second-order valence-electron chi connectivity index (χ2n) is 8.66. The molecule has 1 aliphatic heterocycles. The molecule has 3 rings (SSSR count). The third kappa shape index (κ3) is 5.67. The first-order valence-corrected chi connectivity index (χ1v) is 13.0. The van der Waals surface area contributed by atoms with E-state index in [9.17, 15) is 13.2 Å². The van der Waals surface area contributed by atoms with Crippen LogP contribution in [0.15, 0.2) is 30.3 Å². The van der Waals surface area contributed by atoms with Gasteiger partial charge in [-0.15, -0.1) is 0 Å². The molecule has 1 aromatic rings. The quantitative estimate of drug-likeness (QED) is 0.593. The van der Waals surface area contributed by atoms with Gasteiger partial charge in [0.25, 0.3) is 10.2 Å². The molecule has 0 radical (unpaired) electrons. The maximum atomic E-state index is 13.3. The lowest BCUT2D eigenvalue weighted by atomic mass is 9.96. The third-order valence-corrected chi connectivity index (χ3v) is 8.78. The number of para-hydroxylation sites is 1. The summed E-state index contributed by atoms with van der Waals surface area (Å²) in [6.07, 6.45) is 5.47. The smallest absolute Gasteiger partial charge is 0.282 e. The van der Waals surface area contributed by atoms with Gasteiger partial charge >= 0.3 is 0 Å². The average molecular weight is 462 g/mol. The monoisotopic (exact) mass is 461 g/mol. The molecule has 32 heavy (non-hydrogen) atoms. The molecule has 1 amide bonds. The van der Waals surface area contributed by atoms with Crippen LogP contribution in [0.4, 0.5) is 5.69 Å². The van der Waals surface area contributed by atoms with Gasteiger partial charge < -0.3 is 4.90 Å². The molecule has 1 atom stereocenters. The number of amides is 1. The van der Waals surface area contributed by atoms with Crippen molar-refractivity contribution in [2.24, 2.45) is 0 Å². The number of hydrogen-bond donors (Lipinski definition) is 0. The highest BCUT2D eigenvalue weighted by Gasteiger charge is 2.36. The number of nitrogens with zero attached hydrogens (tertiary/aromatic N) is 5. The minimum Gasteiger partial charge on any atom is -0.310 e. The van der Waals surface area contributed by atoms with E-state index in [1.165, 1.54) is 6.42 Å². The summed E-state index contributed by atoms with van der Waals surface area (Å²) < 4.78 is 29.4. The Balaban J connectivity index is 1.62. The van der Waals surface area contributed by atoms with E-state index in [1.807, 2.05) is 42.2 Å². The summed E-state index contributed by atoms with van der Waals surface area (Å²) in [5.41, 5.74) is 0.773. The summed E-state index contributed by atoms with van der Waals surface area (Å²) in [6, 6.07) is 11.2. The Morgan fingerprint density at radius 1 is 1.12 bits per heavy atom. The standard InChI is InChI=1S/C23H35N5O3S/c1-20(23(29)28(15-9-14-24)22-12-7-4-8-13-22)26-16-18-27(19-17-26)32(30,31)25(2)21-10-5-3-6-11-21/h4,7-8,12-13,20-21H,3,5-6,9-11,15-19H2,1-2H3. The predicted octanol–water partition coefficient (Wildman–Crippen LogP) is 2.45. The molecular formula is C23H35N5O3S. The predicted molar refractivity (Wildman–Crippen MR) is 125 cm³/mol. The topological polar surface area (TPSA) is 88.0 Å². The molecule has 9 heteroatoms. The van der Waals surface area contributed by atoms with Crippen molar-refractivity contribution >= 4 is 21.8 Å². The van der Waals surface area contributed by atoms with Crippen LogP contribution in [0.3, 0.4) is 0 Å². The van der Waals surface area contributed by atoms with Gasteiger partial charge in [-0.1, -0.05) is 37.5 Å². The van der Waals surface area contributed by atoms with E-state index in [2.05, 4.69) is 6.07 Å². The van der Waals surface area contributed by atoms with Crippen LogP contribution in [-0.4, -0.2) is 79.7 Å². The summed E-state index contributed by atoms with van der Waals surface area (Å²) in [5.74, 6) is -0.0675. The summed E-state index contributed by atoms with van der Waals surface area (Å²) in [4.78, 5) is 17.0.